The molecular weight excluding hydrogens is 390 g/mol. The van der Waals surface area contributed by atoms with Crippen molar-refractivity contribution in [3.63, 3.8) is 0 Å². The van der Waals surface area contributed by atoms with E-state index in [2.05, 4.69) is 20.2 Å². The number of piperidine rings is 1. The number of nitrogens with one attached hydrogen (secondary N) is 1. The van der Waals surface area contributed by atoms with E-state index in [9.17, 15) is 13.2 Å². The lowest BCUT2D eigenvalue weighted by Gasteiger charge is -2.32. The highest BCUT2D eigenvalue weighted by Gasteiger charge is 2.25. The van der Waals surface area contributed by atoms with Gasteiger partial charge in [0.15, 0.2) is 0 Å². The third-order valence-electron chi connectivity index (χ3n) is 5.19. The van der Waals surface area contributed by atoms with Crippen LogP contribution < -0.4 is 10.2 Å². The lowest BCUT2D eigenvalue weighted by atomic mass is 10.0. The predicted molar refractivity (Wildman–Crippen MR) is 111 cm³/mol. The van der Waals surface area contributed by atoms with Gasteiger partial charge in [-0.1, -0.05) is 0 Å². The zero-order valence-corrected chi connectivity index (χ0v) is 17.8. The van der Waals surface area contributed by atoms with Crippen molar-refractivity contribution in [2.75, 3.05) is 25.0 Å². The van der Waals surface area contributed by atoms with Gasteiger partial charge in [-0.15, -0.1) is 0 Å². The van der Waals surface area contributed by atoms with Crippen LogP contribution in [0.5, 0.6) is 0 Å². The molecule has 1 saturated heterocycles. The molecule has 1 fully saturated rings. The Kier molecular flexibility index (Phi) is 6.49. The van der Waals surface area contributed by atoms with Gasteiger partial charge in [0, 0.05) is 50.2 Å². The monoisotopic (exact) mass is 417 g/mol. The smallest absolute Gasteiger partial charge is 0.251 e. The highest BCUT2D eigenvalue weighted by atomic mass is 32.2. The number of amides is 1. The van der Waals surface area contributed by atoms with Gasteiger partial charge in [-0.05, 0) is 57.0 Å². The van der Waals surface area contributed by atoms with Gasteiger partial charge in [0.2, 0.25) is 16.0 Å². The summed E-state index contributed by atoms with van der Waals surface area (Å²) in [5, 5.41) is 3.04. The number of sulfonamides is 1. The molecule has 2 heterocycles. The normalized spacial score (nSPS) is 15.7. The standard InChI is InChI=1S/C20H27N5O3S/c1-15(2)24(3)29(27,28)18-7-5-16(6-8-18)19(26)23-17-9-13-25(14-10-17)20-21-11-4-12-22-20/h4-8,11-12,15,17H,9-10,13-14H2,1-3H3,(H,23,26). The first kappa shape index (κ1) is 21.2. The Morgan fingerprint density at radius 2 is 1.72 bits per heavy atom. The summed E-state index contributed by atoms with van der Waals surface area (Å²) in [5.41, 5.74) is 0.449. The van der Waals surface area contributed by atoms with Crippen LogP contribution >= 0.6 is 0 Å². The number of hydrogen-bond acceptors (Lipinski definition) is 6. The first-order chi connectivity index (χ1) is 13.8. The number of benzene rings is 1. The second-order valence-electron chi connectivity index (χ2n) is 7.42. The molecule has 1 aliphatic heterocycles. The van der Waals surface area contributed by atoms with E-state index >= 15 is 0 Å². The van der Waals surface area contributed by atoms with Crippen LogP contribution in [0, 0.1) is 0 Å². The molecule has 8 nitrogen and oxygen atoms in total. The van der Waals surface area contributed by atoms with E-state index in [0.717, 1.165) is 25.9 Å². The largest absolute Gasteiger partial charge is 0.349 e. The predicted octanol–water partition coefficient (Wildman–Crippen LogP) is 1.90. The van der Waals surface area contributed by atoms with Crippen LogP contribution in [0.4, 0.5) is 5.95 Å². The number of nitrogens with zero attached hydrogens (tertiary/aromatic N) is 4. The van der Waals surface area contributed by atoms with Crippen molar-refractivity contribution in [2.45, 2.75) is 43.7 Å². The van der Waals surface area contributed by atoms with Crippen LogP contribution in [0.3, 0.4) is 0 Å². The first-order valence-corrected chi connectivity index (χ1v) is 11.1. The van der Waals surface area contributed by atoms with Gasteiger partial charge in [0.1, 0.15) is 0 Å². The fourth-order valence-corrected chi connectivity index (χ4v) is 4.54. The Bertz CT molecular complexity index is 924. The summed E-state index contributed by atoms with van der Waals surface area (Å²) in [6.45, 7) is 5.17. The maximum Gasteiger partial charge on any atom is 0.251 e. The topological polar surface area (TPSA) is 95.5 Å². The first-order valence-electron chi connectivity index (χ1n) is 9.70. The molecule has 1 amide bonds. The fraction of sp³-hybridized carbons (Fsp3) is 0.450. The minimum absolute atomic E-state index is 0.0675. The zero-order valence-electron chi connectivity index (χ0n) is 16.9. The van der Waals surface area contributed by atoms with Crippen molar-refractivity contribution in [3.05, 3.63) is 48.3 Å². The Balaban J connectivity index is 1.58. The average molecular weight is 418 g/mol. The highest BCUT2D eigenvalue weighted by molar-refractivity contribution is 7.89. The molecule has 1 N–H and O–H groups in total. The van der Waals surface area contributed by atoms with E-state index in [1.54, 1.807) is 37.6 Å². The van der Waals surface area contributed by atoms with E-state index in [0.29, 0.717) is 11.5 Å². The molecule has 0 spiro atoms. The molecule has 0 saturated carbocycles. The molecular formula is C20H27N5O3S. The van der Waals surface area contributed by atoms with Crippen LogP contribution in [-0.2, 0) is 10.0 Å². The van der Waals surface area contributed by atoms with Crippen molar-refractivity contribution in [1.29, 1.82) is 0 Å². The second-order valence-corrected chi connectivity index (χ2v) is 9.42. The van der Waals surface area contributed by atoms with Crippen molar-refractivity contribution in [2.24, 2.45) is 0 Å². The Morgan fingerprint density at radius 3 is 2.28 bits per heavy atom. The summed E-state index contributed by atoms with van der Waals surface area (Å²) in [7, 11) is -2.01. The van der Waals surface area contributed by atoms with Crippen LogP contribution in [-0.4, -0.2) is 60.8 Å². The molecule has 1 aromatic heterocycles. The van der Waals surface area contributed by atoms with Gasteiger partial charge in [0.05, 0.1) is 4.90 Å². The van der Waals surface area contributed by atoms with Crippen molar-refractivity contribution in [3.8, 4) is 0 Å². The van der Waals surface area contributed by atoms with Crippen LogP contribution in [0.25, 0.3) is 0 Å². The number of aromatic nitrogens is 2. The van der Waals surface area contributed by atoms with Gasteiger partial charge in [-0.2, -0.15) is 4.31 Å². The van der Waals surface area contributed by atoms with Crippen molar-refractivity contribution < 1.29 is 13.2 Å². The lowest BCUT2D eigenvalue weighted by molar-refractivity contribution is 0.0931. The average Bonchev–Trinajstić information content (AvgIpc) is 2.74. The molecule has 29 heavy (non-hydrogen) atoms. The Labute approximate surface area is 172 Å². The Morgan fingerprint density at radius 1 is 1.14 bits per heavy atom. The molecule has 3 rings (SSSR count). The van der Waals surface area contributed by atoms with Gasteiger partial charge < -0.3 is 10.2 Å². The third-order valence-corrected chi connectivity index (χ3v) is 7.23. The molecule has 2 aromatic rings. The zero-order chi connectivity index (χ0) is 21.0. The second kappa shape index (κ2) is 8.87. The van der Waals surface area contributed by atoms with E-state index in [1.165, 1.54) is 16.4 Å². The number of carbonyl (C=O) groups is 1. The van der Waals surface area contributed by atoms with Gasteiger partial charge in [-0.25, -0.2) is 18.4 Å². The SMILES string of the molecule is CC(C)N(C)S(=O)(=O)c1ccc(C(=O)NC2CCN(c3ncccn3)CC2)cc1. The van der Waals surface area contributed by atoms with Gasteiger partial charge >= 0.3 is 0 Å². The van der Waals surface area contributed by atoms with Crippen molar-refractivity contribution >= 4 is 21.9 Å². The quantitative estimate of drug-likeness (QED) is 0.771. The third kappa shape index (κ3) is 4.91. The summed E-state index contributed by atoms with van der Waals surface area (Å²) in [4.78, 5) is 23.4. The number of rotatable bonds is 6. The van der Waals surface area contributed by atoms with E-state index < -0.39 is 10.0 Å². The van der Waals surface area contributed by atoms with E-state index in [1.807, 2.05) is 13.8 Å². The fourth-order valence-electron chi connectivity index (χ4n) is 3.17. The molecule has 0 aliphatic carbocycles. The molecule has 156 valence electrons. The van der Waals surface area contributed by atoms with Crippen molar-refractivity contribution in [1.82, 2.24) is 19.6 Å². The Hall–Kier alpha value is -2.52. The van der Waals surface area contributed by atoms with Gasteiger partial charge in [0.25, 0.3) is 5.91 Å². The number of carbonyl (C=O) groups excluding carboxylic acids is 1. The highest BCUT2D eigenvalue weighted by Crippen LogP contribution is 2.18. The minimum atomic E-state index is -3.56. The number of anilines is 1. The molecule has 0 radical (unpaired) electrons. The number of hydrogen-bond donors (Lipinski definition) is 1. The summed E-state index contributed by atoms with van der Waals surface area (Å²) in [6.07, 6.45) is 5.04. The lowest BCUT2D eigenvalue weighted by Crippen LogP contribution is -2.45. The summed E-state index contributed by atoms with van der Waals surface area (Å²) in [5.74, 6) is 0.515. The van der Waals surface area contributed by atoms with E-state index in [4.69, 9.17) is 0 Å². The van der Waals surface area contributed by atoms with E-state index in [-0.39, 0.29) is 22.9 Å². The minimum Gasteiger partial charge on any atom is -0.349 e. The summed E-state index contributed by atoms with van der Waals surface area (Å²) < 4.78 is 26.4. The molecule has 0 bridgehead atoms. The van der Waals surface area contributed by atoms with Crippen LogP contribution in [0.1, 0.15) is 37.0 Å². The summed E-state index contributed by atoms with van der Waals surface area (Å²) >= 11 is 0. The van der Waals surface area contributed by atoms with Gasteiger partial charge in [-0.3, -0.25) is 4.79 Å². The van der Waals surface area contributed by atoms with Crippen LogP contribution in [0.15, 0.2) is 47.6 Å². The molecule has 1 aliphatic rings. The molecule has 0 atom stereocenters. The molecule has 0 unspecified atom stereocenters. The van der Waals surface area contributed by atoms with Crippen LogP contribution in [0.2, 0.25) is 0 Å². The maximum absolute atomic E-state index is 12.6. The summed E-state index contributed by atoms with van der Waals surface area (Å²) in [6, 6.07) is 7.80. The maximum atomic E-state index is 12.6. The molecule has 1 aromatic carbocycles. The molecule has 9 heteroatoms.